The molecule has 21 heavy (non-hydrogen) atoms. The van der Waals surface area contributed by atoms with Crippen LogP contribution in [-0.2, 0) is 12.8 Å². The Morgan fingerprint density at radius 3 is 2.57 bits per heavy atom. The molecule has 1 aromatic heterocycles. The number of benzene rings is 2. The Morgan fingerprint density at radius 1 is 1.05 bits per heavy atom. The molecule has 0 aliphatic carbocycles. The first-order valence-corrected chi connectivity index (χ1v) is 7.00. The van der Waals surface area contributed by atoms with Gasteiger partial charge in [-0.2, -0.15) is 0 Å². The number of phenols is 1. The first-order valence-electron chi connectivity index (χ1n) is 6.62. The zero-order chi connectivity index (χ0) is 14.8. The van der Waals surface area contributed by atoms with Crippen molar-refractivity contribution in [2.75, 3.05) is 0 Å². The number of hydrogen-bond donors (Lipinski definition) is 1. The number of rotatable bonds is 3. The van der Waals surface area contributed by atoms with E-state index in [0.29, 0.717) is 23.2 Å². The van der Waals surface area contributed by atoms with Crippen LogP contribution in [0.2, 0.25) is 5.02 Å². The predicted octanol–water partition coefficient (Wildman–Crippen LogP) is 3.94. The van der Waals surface area contributed by atoms with Crippen LogP contribution < -0.4 is 5.43 Å². The fraction of sp³-hybridized carbons (Fsp3) is 0.118. The topological polar surface area (TPSA) is 50.4 Å². The molecule has 0 spiro atoms. The van der Waals surface area contributed by atoms with Crippen LogP contribution in [0.4, 0.5) is 0 Å². The zero-order valence-corrected chi connectivity index (χ0v) is 11.9. The molecule has 0 saturated heterocycles. The van der Waals surface area contributed by atoms with Crippen LogP contribution in [0.15, 0.2) is 57.7 Å². The van der Waals surface area contributed by atoms with Crippen molar-refractivity contribution in [3.05, 3.63) is 75.1 Å². The Labute approximate surface area is 126 Å². The molecule has 0 atom stereocenters. The predicted molar refractivity (Wildman–Crippen MR) is 83.0 cm³/mol. The van der Waals surface area contributed by atoms with E-state index in [2.05, 4.69) is 0 Å². The molecule has 0 aliphatic heterocycles. The third kappa shape index (κ3) is 2.93. The lowest BCUT2D eigenvalue weighted by Gasteiger charge is -2.05. The van der Waals surface area contributed by atoms with Crippen LogP contribution in [0.1, 0.15) is 11.3 Å². The van der Waals surface area contributed by atoms with Gasteiger partial charge in [0.2, 0.25) is 0 Å². The molecule has 0 unspecified atom stereocenters. The van der Waals surface area contributed by atoms with Crippen molar-refractivity contribution in [3.63, 3.8) is 0 Å². The second kappa shape index (κ2) is 5.62. The van der Waals surface area contributed by atoms with E-state index in [-0.39, 0.29) is 16.2 Å². The van der Waals surface area contributed by atoms with Gasteiger partial charge in [-0.3, -0.25) is 4.79 Å². The molecule has 2 aromatic carbocycles. The molecular weight excluding hydrogens is 288 g/mol. The quantitative estimate of drug-likeness (QED) is 0.797. The summed E-state index contributed by atoms with van der Waals surface area (Å²) in [5, 5.41) is 10.0. The maximum Gasteiger partial charge on any atom is 0.193 e. The largest absolute Gasteiger partial charge is 0.508 e. The fourth-order valence-electron chi connectivity index (χ4n) is 2.29. The molecule has 0 saturated carbocycles. The lowest BCUT2D eigenvalue weighted by Crippen LogP contribution is -2.03. The van der Waals surface area contributed by atoms with E-state index in [1.165, 1.54) is 23.8 Å². The van der Waals surface area contributed by atoms with Gasteiger partial charge in [0.25, 0.3) is 0 Å². The summed E-state index contributed by atoms with van der Waals surface area (Å²) in [5.41, 5.74) is 1.30. The Bertz CT molecular complexity index is 838. The smallest absolute Gasteiger partial charge is 0.193 e. The van der Waals surface area contributed by atoms with Crippen LogP contribution in [0.3, 0.4) is 0 Å². The fourth-order valence-corrected chi connectivity index (χ4v) is 2.54. The lowest BCUT2D eigenvalue weighted by atomic mass is 10.1. The van der Waals surface area contributed by atoms with Crippen molar-refractivity contribution in [2.45, 2.75) is 12.8 Å². The van der Waals surface area contributed by atoms with Gasteiger partial charge in [0.15, 0.2) is 11.0 Å². The summed E-state index contributed by atoms with van der Waals surface area (Å²) in [7, 11) is 0. The average molecular weight is 301 g/mol. The van der Waals surface area contributed by atoms with Crippen molar-refractivity contribution in [1.29, 1.82) is 0 Å². The van der Waals surface area contributed by atoms with Gasteiger partial charge in [0.1, 0.15) is 11.5 Å². The van der Waals surface area contributed by atoms with E-state index >= 15 is 0 Å². The maximum absolute atomic E-state index is 12.1. The van der Waals surface area contributed by atoms with Gasteiger partial charge in [-0.05, 0) is 18.1 Å². The molecule has 1 heterocycles. The minimum Gasteiger partial charge on any atom is -0.508 e. The van der Waals surface area contributed by atoms with E-state index in [0.717, 1.165) is 6.42 Å². The van der Waals surface area contributed by atoms with E-state index in [4.69, 9.17) is 16.0 Å². The first kappa shape index (κ1) is 13.7. The third-order valence-corrected chi connectivity index (χ3v) is 3.60. The molecule has 0 fully saturated rings. The molecule has 0 radical (unpaired) electrons. The standard InChI is InChI=1S/C17H13ClO3/c18-15-9-12(19)8-14-16(20)10-13(21-17(14)15)7-6-11-4-2-1-3-5-11/h1-5,8-10,19H,6-7H2. The average Bonchev–Trinajstić information content (AvgIpc) is 2.47. The number of aromatic hydroxyl groups is 1. The molecule has 0 bridgehead atoms. The van der Waals surface area contributed by atoms with E-state index < -0.39 is 0 Å². The molecule has 1 N–H and O–H groups in total. The summed E-state index contributed by atoms with van der Waals surface area (Å²) in [6.07, 6.45) is 1.40. The van der Waals surface area contributed by atoms with E-state index in [9.17, 15) is 9.90 Å². The number of aryl methyl sites for hydroxylation is 2. The second-order valence-electron chi connectivity index (χ2n) is 4.87. The molecule has 0 amide bonds. The maximum atomic E-state index is 12.1. The van der Waals surface area contributed by atoms with Crippen LogP contribution in [0.25, 0.3) is 11.0 Å². The molecule has 3 aromatic rings. The number of phenolic OH excluding ortho intramolecular Hbond substituents is 1. The van der Waals surface area contributed by atoms with E-state index in [1.54, 1.807) is 0 Å². The second-order valence-corrected chi connectivity index (χ2v) is 5.27. The van der Waals surface area contributed by atoms with Crippen LogP contribution in [-0.4, -0.2) is 5.11 Å². The molecule has 106 valence electrons. The zero-order valence-electron chi connectivity index (χ0n) is 11.2. The lowest BCUT2D eigenvalue weighted by molar-refractivity contribution is 0.475. The highest BCUT2D eigenvalue weighted by atomic mass is 35.5. The van der Waals surface area contributed by atoms with Crippen molar-refractivity contribution < 1.29 is 9.52 Å². The summed E-state index contributed by atoms with van der Waals surface area (Å²) in [6.45, 7) is 0. The molecule has 3 rings (SSSR count). The van der Waals surface area contributed by atoms with Gasteiger partial charge in [0, 0.05) is 18.6 Å². The number of halogens is 1. The van der Waals surface area contributed by atoms with Gasteiger partial charge >= 0.3 is 0 Å². The Hall–Kier alpha value is -2.26. The molecule has 3 nitrogen and oxygen atoms in total. The highest BCUT2D eigenvalue weighted by Gasteiger charge is 2.10. The highest BCUT2D eigenvalue weighted by molar-refractivity contribution is 6.34. The van der Waals surface area contributed by atoms with Gasteiger partial charge < -0.3 is 9.52 Å². The van der Waals surface area contributed by atoms with E-state index in [1.807, 2.05) is 30.3 Å². The molecule has 4 heteroatoms. The summed E-state index contributed by atoms with van der Waals surface area (Å²) in [5.74, 6) is 0.542. The summed E-state index contributed by atoms with van der Waals surface area (Å²) in [6, 6.07) is 14.2. The Morgan fingerprint density at radius 2 is 1.81 bits per heavy atom. The normalized spacial score (nSPS) is 10.9. The summed E-state index contributed by atoms with van der Waals surface area (Å²) in [4.78, 5) is 12.1. The monoisotopic (exact) mass is 300 g/mol. The van der Waals surface area contributed by atoms with Crippen molar-refractivity contribution in [3.8, 4) is 5.75 Å². The van der Waals surface area contributed by atoms with Crippen molar-refractivity contribution in [1.82, 2.24) is 0 Å². The van der Waals surface area contributed by atoms with Crippen molar-refractivity contribution in [2.24, 2.45) is 0 Å². The minimum absolute atomic E-state index is 0.0446. The van der Waals surface area contributed by atoms with Crippen LogP contribution >= 0.6 is 11.6 Å². The van der Waals surface area contributed by atoms with Crippen LogP contribution in [0.5, 0.6) is 5.75 Å². The highest BCUT2D eigenvalue weighted by Crippen LogP contribution is 2.27. The third-order valence-electron chi connectivity index (χ3n) is 3.32. The summed E-state index contributed by atoms with van der Waals surface area (Å²) >= 11 is 6.03. The Kier molecular flexibility index (Phi) is 3.67. The number of fused-ring (bicyclic) bond motifs is 1. The first-order chi connectivity index (χ1) is 10.1. The van der Waals surface area contributed by atoms with Gasteiger partial charge in [-0.25, -0.2) is 0 Å². The summed E-state index contributed by atoms with van der Waals surface area (Å²) < 4.78 is 5.71. The van der Waals surface area contributed by atoms with Gasteiger partial charge in [0.05, 0.1) is 10.4 Å². The number of hydrogen-bond acceptors (Lipinski definition) is 3. The van der Waals surface area contributed by atoms with Crippen LogP contribution in [0, 0.1) is 0 Å². The minimum atomic E-state index is -0.197. The molecular formula is C17H13ClO3. The van der Waals surface area contributed by atoms with Crippen molar-refractivity contribution >= 4 is 22.6 Å². The van der Waals surface area contributed by atoms with Gasteiger partial charge in [-0.15, -0.1) is 0 Å². The Balaban J connectivity index is 1.95. The SMILES string of the molecule is O=c1cc(CCc2ccccc2)oc2c(Cl)cc(O)cc12. The van der Waals surface area contributed by atoms with Gasteiger partial charge in [-0.1, -0.05) is 41.9 Å². The molecule has 0 aliphatic rings.